The molecule has 0 aliphatic rings. The molecule has 0 radical (unpaired) electrons. The summed E-state index contributed by atoms with van der Waals surface area (Å²) in [5, 5.41) is 3.38. The number of nitrogens with one attached hydrogen (secondary N) is 1. The number of ether oxygens (including phenoxy) is 1. The summed E-state index contributed by atoms with van der Waals surface area (Å²) in [6, 6.07) is 10.9. The van der Waals surface area contributed by atoms with Crippen LogP contribution in [-0.2, 0) is 0 Å². The van der Waals surface area contributed by atoms with Crippen LogP contribution in [0.2, 0.25) is 5.02 Å². The normalized spacial score (nSPS) is 12.1. The standard InChI is InChI=1S/C16H13ClF2INO2/c1-9(10-3-2-4-12(7-10)23-16(18)19)21-15(22)13-6-5-11(17)8-14(13)20/h2-9,16H,1H3,(H,21,22). The molecule has 122 valence electrons. The second kappa shape index (κ2) is 7.92. The highest BCUT2D eigenvalue weighted by molar-refractivity contribution is 14.1. The molecule has 3 nitrogen and oxygen atoms in total. The maximum Gasteiger partial charge on any atom is 0.387 e. The van der Waals surface area contributed by atoms with Crippen molar-refractivity contribution in [2.45, 2.75) is 19.6 Å². The molecule has 1 unspecified atom stereocenters. The van der Waals surface area contributed by atoms with E-state index in [1.165, 1.54) is 12.1 Å². The number of hydrogen-bond donors (Lipinski definition) is 1. The van der Waals surface area contributed by atoms with Gasteiger partial charge in [0.15, 0.2) is 0 Å². The molecule has 0 saturated heterocycles. The van der Waals surface area contributed by atoms with Gasteiger partial charge < -0.3 is 10.1 Å². The topological polar surface area (TPSA) is 38.3 Å². The number of carbonyl (C=O) groups excluding carboxylic acids is 1. The third kappa shape index (κ3) is 5.04. The number of rotatable bonds is 5. The number of amides is 1. The number of benzene rings is 2. The van der Waals surface area contributed by atoms with Crippen LogP contribution in [0.3, 0.4) is 0 Å². The molecule has 0 aliphatic heterocycles. The molecule has 2 aromatic rings. The first-order valence-electron chi connectivity index (χ1n) is 6.67. The van der Waals surface area contributed by atoms with Gasteiger partial charge in [0.2, 0.25) is 0 Å². The van der Waals surface area contributed by atoms with Gasteiger partial charge in [0, 0.05) is 8.59 Å². The van der Waals surface area contributed by atoms with Crippen LogP contribution in [0, 0.1) is 3.57 Å². The maximum absolute atomic E-state index is 12.3. The fourth-order valence-electron chi connectivity index (χ4n) is 1.99. The molecule has 0 aromatic heterocycles. The van der Waals surface area contributed by atoms with Crippen LogP contribution in [0.1, 0.15) is 28.9 Å². The molecule has 0 fully saturated rings. The molecule has 2 aromatic carbocycles. The van der Waals surface area contributed by atoms with Crippen molar-refractivity contribution in [1.29, 1.82) is 0 Å². The van der Waals surface area contributed by atoms with E-state index in [1.54, 1.807) is 37.3 Å². The minimum atomic E-state index is -2.88. The van der Waals surface area contributed by atoms with Crippen molar-refractivity contribution in [3.05, 3.63) is 62.2 Å². The lowest BCUT2D eigenvalue weighted by Gasteiger charge is -2.16. The largest absolute Gasteiger partial charge is 0.435 e. The minimum Gasteiger partial charge on any atom is -0.435 e. The molecule has 0 spiro atoms. The highest BCUT2D eigenvalue weighted by atomic mass is 127. The van der Waals surface area contributed by atoms with Crippen LogP contribution >= 0.6 is 34.2 Å². The summed E-state index contributed by atoms with van der Waals surface area (Å²) in [7, 11) is 0. The quantitative estimate of drug-likeness (QED) is 0.647. The lowest BCUT2D eigenvalue weighted by Crippen LogP contribution is -2.27. The van der Waals surface area contributed by atoms with E-state index in [-0.39, 0.29) is 17.7 Å². The van der Waals surface area contributed by atoms with Gasteiger partial charge in [-0.25, -0.2) is 0 Å². The average Bonchev–Trinajstić information content (AvgIpc) is 2.46. The zero-order valence-corrected chi connectivity index (χ0v) is 14.9. The van der Waals surface area contributed by atoms with Crippen LogP contribution in [-0.4, -0.2) is 12.5 Å². The van der Waals surface area contributed by atoms with Gasteiger partial charge in [-0.1, -0.05) is 23.7 Å². The highest BCUT2D eigenvalue weighted by Gasteiger charge is 2.15. The van der Waals surface area contributed by atoms with E-state index < -0.39 is 6.61 Å². The van der Waals surface area contributed by atoms with Crippen molar-refractivity contribution < 1.29 is 18.3 Å². The molecule has 23 heavy (non-hydrogen) atoms. The molecule has 0 heterocycles. The first-order chi connectivity index (χ1) is 10.9. The number of halogens is 4. The second-order valence-corrected chi connectivity index (χ2v) is 6.37. The van der Waals surface area contributed by atoms with E-state index in [0.29, 0.717) is 16.1 Å². The SMILES string of the molecule is CC(NC(=O)c1ccc(Cl)cc1I)c1cccc(OC(F)F)c1. The lowest BCUT2D eigenvalue weighted by molar-refractivity contribution is -0.0499. The van der Waals surface area contributed by atoms with Crippen molar-refractivity contribution in [2.24, 2.45) is 0 Å². The van der Waals surface area contributed by atoms with Crippen molar-refractivity contribution in [3.63, 3.8) is 0 Å². The zero-order chi connectivity index (χ0) is 17.0. The van der Waals surface area contributed by atoms with Crippen molar-refractivity contribution >= 4 is 40.1 Å². The maximum atomic E-state index is 12.3. The molecule has 1 N–H and O–H groups in total. The van der Waals surface area contributed by atoms with Crippen LogP contribution in [0.25, 0.3) is 0 Å². The van der Waals surface area contributed by atoms with Gasteiger partial charge in [0.25, 0.3) is 5.91 Å². The Morgan fingerprint density at radius 1 is 1.26 bits per heavy atom. The third-order valence-corrected chi connectivity index (χ3v) is 4.23. The van der Waals surface area contributed by atoms with E-state index >= 15 is 0 Å². The van der Waals surface area contributed by atoms with E-state index in [0.717, 1.165) is 3.57 Å². The minimum absolute atomic E-state index is 0.0553. The van der Waals surface area contributed by atoms with Gasteiger partial charge >= 0.3 is 6.61 Å². The predicted molar refractivity (Wildman–Crippen MR) is 93.1 cm³/mol. The molecular weight excluding hydrogens is 439 g/mol. The first-order valence-corrected chi connectivity index (χ1v) is 8.13. The summed E-state index contributed by atoms with van der Waals surface area (Å²) in [6.07, 6.45) is 0. The summed E-state index contributed by atoms with van der Waals surface area (Å²) in [5.41, 5.74) is 1.17. The Labute approximate surface area is 151 Å². The molecule has 0 aliphatic carbocycles. The Morgan fingerprint density at radius 3 is 2.65 bits per heavy atom. The van der Waals surface area contributed by atoms with Gasteiger partial charge in [0.1, 0.15) is 5.75 Å². The third-order valence-electron chi connectivity index (χ3n) is 3.11. The molecule has 1 atom stereocenters. The van der Waals surface area contributed by atoms with Gasteiger partial charge in [0.05, 0.1) is 11.6 Å². The molecule has 0 saturated carbocycles. The lowest BCUT2D eigenvalue weighted by atomic mass is 10.1. The number of alkyl halides is 2. The van der Waals surface area contributed by atoms with Gasteiger partial charge in [-0.05, 0) is 65.4 Å². The Morgan fingerprint density at radius 2 is 2.00 bits per heavy atom. The smallest absolute Gasteiger partial charge is 0.387 e. The number of hydrogen-bond acceptors (Lipinski definition) is 2. The van der Waals surface area contributed by atoms with E-state index in [1.807, 2.05) is 22.6 Å². The Kier molecular flexibility index (Phi) is 6.17. The predicted octanol–water partition coefficient (Wildman–Crippen LogP) is 5.04. The fourth-order valence-corrected chi connectivity index (χ4v) is 3.11. The zero-order valence-electron chi connectivity index (χ0n) is 12.0. The second-order valence-electron chi connectivity index (χ2n) is 4.77. The van der Waals surface area contributed by atoms with E-state index in [4.69, 9.17) is 11.6 Å². The fraction of sp³-hybridized carbons (Fsp3) is 0.188. The van der Waals surface area contributed by atoms with Crippen LogP contribution in [0.4, 0.5) is 8.78 Å². The van der Waals surface area contributed by atoms with E-state index in [9.17, 15) is 13.6 Å². The van der Waals surface area contributed by atoms with Gasteiger partial charge in [-0.15, -0.1) is 0 Å². The van der Waals surface area contributed by atoms with Crippen molar-refractivity contribution in [2.75, 3.05) is 0 Å². The van der Waals surface area contributed by atoms with Crippen LogP contribution < -0.4 is 10.1 Å². The molecule has 7 heteroatoms. The first kappa shape index (κ1) is 17.9. The Bertz CT molecular complexity index is 712. The molecular formula is C16H13ClF2INO2. The van der Waals surface area contributed by atoms with E-state index in [2.05, 4.69) is 10.1 Å². The summed E-state index contributed by atoms with van der Waals surface area (Å²) >= 11 is 7.90. The summed E-state index contributed by atoms with van der Waals surface area (Å²) in [4.78, 5) is 12.3. The summed E-state index contributed by atoms with van der Waals surface area (Å²) < 4.78 is 29.6. The molecule has 0 bridgehead atoms. The average molecular weight is 452 g/mol. The summed E-state index contributed by atoms with van der Waals surface area (Å²) in [5.74, 6) is -0.210. The van der Waals surface area contributed by atoms with Crippen LogP contribution in [0.5, 0.6) is 5.75 Å². The Balaban J connectivity index is 2.12. The van der Waals surface area contributed by atoms with Crippen molar-refractivity contribution in [1.82, 2.24) is 5.32 Å². The van der Waals surface area contributed by atoms with Gasteiger partial charge in [-0.2, -0.15) is 8.78 Å². The molecule has 2 rings (SSSR count). The number of carbonyl (C=O) groups is 1. The highest BCUT2D eigenvalue weighted by Crippen LogP contribution is 2.22. The Hall–Kier alpha value is -1.41. The van der Waals surface area contributed by atoms with Crippen molar-refractivity contribution in [3.8, 4) is 5.75 Å². The molecule has 1 amide bonds. The van der Waals surface area contributed by atoms with Crippen LogP contribution in [0.15, 0.2) is 42.5 Å². The summed E-state index contributed by atoms with van der Waals surface area (Å²) in [6.45, 7) is -1.12. The monoisotopic (exact) mass is 451 g/mol. The van der Waals surface area contributed by atoms with Gasteiger partial charge in [-0.3, -0.25) is 4.79 Å².